The summed E-state index contributed by atoms with van der Waals surface area (Å²) in [4.78, 5) is 0. The van der Waals surface area contributed by atoms with E-state index < -0.39 is 67.3 Å². The molecule has 0 radical (unpaired) electrons. The topological polar surface area (TPSA) is 27.7 Å². The maximum atomic E-state index is 13.2. The second-order valence-electron chi connectivity index (χ2n) is 5.31. The van der Waals surface area contributed by atoms with E-state index in [0.29, 0.717) is 0 Å². The second kappa shape index (κ2) is 9.06. The van der Waals surface area contributed by atoms with Crippen LogP contribution in [0.5, 0.6) is 0 Å². The van der Waals surface area contributed by atoms with Gasteiger partial charge in [0.15, 0.2) is 0 Å². The third-order valence-corrected chi connectivity index (χ3v) is 2.87. The van der Waals surface area contributed by atoms with Crippen LogP contribution in [0, 0.1) is 0 Å². The van der Waals surface area contributed by atoms with E-state index in [4.69, 9.17) is 0 Å². The summed E-state index contributed by atoms with van der Waals surface area (Å²) >= 11 is 0. The second-order valence-corrected chi connectivity index (χ2v) is 5.31. The van der Waals surface area contributed by atoms with E-state index >= 15 is 0 Å². The molecule has 33 heavy (non-hydrogen) atoms. The van der Waals surface area contributed by atoms with E-state index in [1.165, 1.54) is 0 Å². The fourth-order valence-corrected chi connectivity index (χ4v) is 1.21. The molecule has 0 bridgehead atoms. The number of hydrogen-bond acceptors (Lipinski definition) is 3. The Labute approximate surface area is 166 Å². The Kier molecular flexibility index (Phi) is 8.54. The Morgan fingerprint density at radius 2 is 1.06 bits per heavy atom. The molecule has 0 aliphatic rings. The highest BCUT2D eigenvalue weighted by molar-refractivity contribution is 4.95. The van der Waals surface area contributed by atoms with Crippen LogP contribution in [0.1, 0.15) is 0 Å². The van der Waals surface area contributed by atoms with Crippen molar-refractivity contribution >= 4 is 0 Å². The summed E-state index contributed by atoms with van der Waals surface area (Å²) in [6.45, 7) is -3.90. The molecule has 0 rings (SSSR count). The van der Waals surface area contributed by atoms with Gasteiger partial charge in [-0.3, -0.25) is 4.74 Å². The van der Waals surface area contributed by atoms with Gasteiger partial charge in [-0.05, 0) is 0 Å². The average molecular weight is 544 g/mol. The van der Waals surface area contributed by atoms with Crippen molar-refractivity contribution in [2.75, 3.05) is 6.61 Å². The molecule has 0 amide bonds. The quantitative estimate of drug-likeness (QED) is 0.217. The van der Waals surface area contributed by atoms with Gasteiger partial charge in [-0.25, -0.2) is 4.39 Å². The highest BCUT2D eigenvalue weighted by atomic mass is 19.4. The molecule has 1 unspecified atom stereocenters. The molecule has 198 valence electrons. The number of rotatable bonds is 11. The van der Waals surface area contributed by atoms with Crippen LogP contribution in [0.4, 0.5) is 83.4 Å². The number of ether oxygens (including phenoxy) is 3. The molecular formula is C11H3F19O3. The monoisotopic (exact) mass is 544 g/mol. The maximum Gasteiger partial charge on any atom is 0.472 e. The van der Waals surface area contributed by atoms with E-state index in [-0.39, 0.29) is 0 Å². The molecule has 0 saturated carbocycles. The van der Waals surface area contributed by atoms with Gasteiger partial charge in [-0.1, -0.05) is 0 Å². The van der Waals surface area contributed by atoms with Crippen LogP contribution in [0.2, 0.25) is 0 Å². The molecule has 0 saturated heterocycles. The zero-order chi connectivity index (χ0) is 27.1. The minimum absolute atomic E-state index is 1.80. The first-order valence-electron chi connectivity index (χ1n) is 6.85. The standard InChI is InChI=1S/C11H3F19O3/c12-2(13)3(14)32-10(27,28)7(20,21)5(16,17)1-31-6(18,19)4(15)33-11(29,30)8(22,23)9(24,25)26/h4H,1H2. The lowest BCUT2D eigenvalue weighted by Gasteiger charge is -2.33. The summed E-state index contributed by atoms with van der Waals surface area (Å²) < 4.78 is 244. The van der Waals surface area contributed by atoms with Crippen LogP contribution < -0.4 is 0 Å². The Morgan fingerprint density at radius 1 is 0.636 bits per heavy atom. The Hall–Kier alpha value is -1.87. The third-order valence-electron chi connectivity index (χ3n) is 2.87. The SMILES string of the molecule is FC(F)=C(F)OC(F)(F)C(F)(F)C(F)(F)COC(F)(F)C(F)OC(F)(F)C(F)(F)C(F)(F)F. The van der Waals surface area contributed by atoms with Crippen molar-refractivity contribution < 1.29 is 97.6 Å². The van der Waals surface area contributed by atoms with Crippen molar-refractivity contribution in [3.8, 4) is 0 Å². The maximum absolute atomic E-state index is 13.2. The minimum Gasteiger partial charge on any atom is -0.397 e. The summed E-state index contributed by atoms with van der Waals surface area (Å²) in [5, 5.41) is 0. The van der Waals surface area contributed by atoms with Crippen LogP contribution in [0.25, 0.3) is 0 Å². The lowest BCUT2D eigenvalue weighted by molar-refractivity contribution is -0.469. The molecule has 0 fully saturated rings. The van der Waals surface area contributed by atoms with Gasteiger partial charge >= 0.3 is 54.4 Å². The van der Waals surface area contributed by atoms with Gasteiger partial charge in [0.2, 0.25) is 0 Å². The summed E-state index contributed by atoms with van der Waals surface area (Å²) in [6, 6.07) is -3.85. The summed E-state index contributed by atoms with van der Waals surface area (Å²) in [7, 11) is 0. The molecule has 1 atom stereocenters. The normalized spacial score (nSPS) is 16.0. The lowest BCUT2D eigenvalue weighted by atomic mass is 10.1. The van der Waals surface area contributed by atoms with Crippen LogP contribution in [-0.2, 0) is 14.2 Å². The molecule has 0 heterocycles. The largest absolute Gasteiger partial charge is 0.472 e. The lowest BCUT2D eigenvalue weighted by Crippen LogP contribution is -2.59. The minimum atomic E-state index is -7.39. The van der Waals surface area contributed by atoms with Crippen LogP contribution in [-0.4, -0.2) is 55.2 Å². The van der Waals surface area contributed by atoms with Gasteiger partial charge in [0.25, 0.3) is 6.36 Å². The Balaban J connectivity index is 5.61. The van der Waals surface area contributed by atoms with E-state index in [0.717, 1.165) is 0 Å². The van der Waals surface area contributed by atoms with Gasteiger partial charge < -0.3 is 9.47 Å². The van der Waals surface area contributed by atoms with Crippen LogP contribution in [0.15, 0.2) is 12.1 Å². The number of halogens is 19. The third kappa shape index (κ3) is 6.38. The van der Waals surface area contributed by atoms with Gasteiger partial charge in [0.05, 0.1) is 0 Å². The molecule has 3 nitrogen and oxygen atoms in total. The summed E-state index contributed by atoms with van der Waals surface area (Å²) in [5.74, 6) is -21.4. The zero-order valence-corrected chi connectivity index (χ0v) is 14.2. The van der Waals surface area contributed by atoms with Crippen molar-refractivity contribution in [3.63, 3.8) is 0 Å². The highest BCUT2D eigenvalue weighted by Gasteiger charge is 2.77. The van der Waals surface area contributed by atoms with Gasteiger partial charge in [-0.15, -0.1) is 0 Å². The predicted octanol–water partition coefficient (Wildman–Crippen LogP) is 6.61. The number of alkyl halides is 16. The molecule has 0 spiro atoms. The van der Waals surface area contributed by atoms with Crippen molar-refractivity contribution in [3.05, 3.63) is 12.1 Å². The highest BCUT2D eigenvalue weighted by Crippen LogP contribution is 2.50. The molecule has 0 aliphatic heterocycles. The first-order chi connectivity index (χ1) is 14.2. The van der Waals surface area contributed by atoms with Gasteiger partial charge in [-0.2, -0.15) is 79.0 Å². The average Bonchev–Trinajstić information content (AvgIpc) is 2.57. The zero-order valence-electron chi connectivity index (χ0n) is 14.2. The fraction of sp³-hybridized carbons (Fsp3) is 0.818. The Bertz CT molecular complexity index is 706. The van der Waals surface area contributed by atoms with E-state index in [1.54, 1.807) is 4.74 Å². The van der Waals surface area contributed by atoms with Crippen molar-refractivity contribution in [2.45, 2.75) is 48.6 Å². The van der Waals surface area contributed by atoms with Crippen LogP contribution in [0.3, 0.4) is 0 Å². The van der Waals surface area contributed by atoms with Gasteiger partial charge in [0, 0.05) is 0 Å². The molecule has 0 aromatic heterocycles. The van der Waals surface area contributed by atoms with Crippen LogP contribution >= 0.6 is 0 Å². The Morgan fingerprint density at radius 3 is 1.42 bits per heavy atom. The molecular weight excluding hydrogens is 541 g/mol. The number of hydrogen-bond donors (Lipinski definition) is 0. The smallest absolute Gasteiger partial charge is 0.397 e. The van der Waals surface area contributed by atoms with Crippen molar-refractivity contribution in [2.24, 2.45) is 0 Å². The molecule has 22 heteroatoms. The van der Waals surface area contributed by atoms with Gasteiger partial charge in [0.1, 0.15) is 6.61 Å². The van der Waals surface area contributed by atoms with E-state index in [2.05, 4.69) is 4.74 Å². The van der Waals surface area contributed by atoms with E-state index in [9.17, 15) is 83.4 Å². The fourth-order valence-electron chi connectivity index (χ4n) is 1.21. The van der Waals surface area contributed by atoms with E-state index in [1.807, 2.05) is 4.74 Å². The van der Waals surface area contributed by atoms with Crippen molar-refractivity contribution in [1.82, 2.24) is 0 Å². The first-order valence-corrected chi connectivity index (χ1v) is 6.85. The first kappa shape index (κ1) is 31.1. The molecule has 0 N–H and O–H groups in total. The predicted molar refractivity (Wildman–Crippen MR) is 59.1 cm³/mol. The summed E-state index contributed by atoms with van der Waals surface area (Å²) in [6.07, 6.45) is -37.4. The molecule has 0 aromatic rings. The molecule has 0 aliphatic carbocycles. The van der Waals surface area contributed by atoms with Crippen molar-refractivity contribution in [1.29, 1.82) is 0 Å². The molecule has 0 aromatic carbocycles. The summed E-state index contributed by atoms with van der Waals surface area (Å²) in [5.41, 5.74) is 0.